The molecule has 1 atom stereocenters. The molecule has 1 N–H and O–H groups in total. The summed E-state index contributed by atoms with van der Waals surface area (Å²) in [5, 5.41) is 25.1. The van der Waals surface area contributed by atoms with Gasteiger partial charge in [-0.2, -0.15) is 4.68 Å². The predicted molar refractivity (Wildman–Crippen MR) is 126 cm³/mol. The van der Waals surface area contributed by atoms with Crippen LogP contribution in [0.15, 0.2) is 70.2 Å². The van der Waals surface area contributed by atoms with E-state index < -0.39 is 12.0 Å². The van der Waals surface area contributed by atoms with Crippen molar-refractivity contribution < 1.29 is 9.53 Å². The Morgan fingerprint density at radius 2 is 1.94 bits per heavy atom. The average Bonchev–Trinajstić information content (AvgIpc) is 3.52. The lowest BCUT2D eigenvalue weighted by molar-refractivity contribution is -0.136. The van der Waals surface area contributed by atoms with E-state index in [2.05, 4.69) is 31.0 Å². The second-order valence-electron chi connectivity index (χ2n) is 6.94. The number of hydrogen-bond acceptors (Lipinski definition) is 10. The van der Waals surface area contributed by atoms with Gasteiger partial charge in [-0.15, -0.1) is 10.2 Å². The Morgan fingerprint density at radius 3 is 2.70 bits per heavy atom. The lowest BCUT2D eigenvalue weighted by atomic mass is 9.96. The van der Waals surface area contributed by atoms with Gasteiger partial charge in [-0.1, -0.05) is 82.3 Å². The fourth-order valence-corrected chi connectivity index (χ4v) is 5.40. The minimum Gasteiger partial charge on any atom is -0.466 e. The largest absolute Gasteiger partial charge is 0.466 e. The number of nitrogens with one attached hydrogen (secondary N) is 1. The van der Waals surface area contributed by atoms with Crippen LogP contribution in [0.25, 0.3) is 10.6 Å². The van der Waals surface area contributed by atoms with Crippen molar-refractivity contribution in [2.24, 2.45) is 0 Å². The molecular formula is C21H16ClN7O2S2. The number of aromatic nitrogens is 6. The van der Waals surface area contributed by atoms with Gasteiger partial charge in [0.15, 0.2) is 4.34 Å². The Hall–Kier alpha value is -3.28. The zero-order valence-electron chi connectivity index (χ0n) is 17.2. The van der Waals surface area contributed by atoms with E-state index in [1.165, 1.54) is 30.2 Å². The number of rotatable bonds is 6. The maximum Gasteiger partial charge on any atom is 0.338 e. The molecule has 4 aromatic rings. The van der Waals surface area contributed by atoms with Gasteiger partial charge >= 0.3 is 5.97 Å². The second kappa shape index (κ2) is 9.30. The van der Waals surface area contributed by atoms with E-state index in [1.54, 1.807) is 16.8 Å². The minimum absolute atomic E-state index is 0.417. The van der Waals surface area contributed by atoms with Crippen LogP contribution in [0.3, 0.4) is 0 Å². The number of carbonyl (C=O) groups excluding carboxylic acids is 1. The van der Waals surface area contributed by atoms with Gasteiger partial charge in [-0.3, -0.25) is 0 Å². The van der Waals surface area contributed by atoms with Crippen LogP contribution in [0, 0.1) is 0 Å². The first-order chi connectivity index (χ1) is 16.1. The van der Waals surface area contributed by atoms with E-state index in [0.29, 0.717) is 28.0 Å². The first-order valence-corrected chi connectivity index (χ1v) is 12.0. The summed E-state index contributed by atoms with van der Waals surface area (Å²) >= 11 is 9.03. The molecule has 2 aromatic heterocycles. The van der Waals surface area contributed by atoms with Crippen LogP contribution in [0.1, 0.15) is 11.6 Å². The van der Waals surface area contributed by atoms with Gasteiger partial charge in [0, 0.05) is 22.0 Å². The predicted octanol–water partition coefficient (Wildman–Crippen LogP) is 4.08. The fourth-order valence-electron chi connectivity index (χ4n) is 3.45. The lowest BCUT2D eigenvalue weighted by Gasteiger charge is -2.28. The van der Waals surface area contributed by atoms with Gasteiger partial charge < -0.3 is 10.1 Å². The highest BCUT2D eigenvalue weighted by atomic mass is 35.5. The average molecular weight is 498 g/mol. The molecule has 0 spiro atoms. The highest BCUT2D eigenvalue weighted by molar-refractivity contribution is 8.01. The Labute approximate surface area is 201 Å². The summed E-state index contributed by atoms with van der Waals surface area (Å²) in [6, 6.07) is 16.5. The van der Waals surface area contributed by atoms with Crippen molar-refractivity contribution in [3.63, 3.8) is 0 Å². The van der Waals surface area contributed by atoms with Crippen LogP contribution in [0.5, 0.6) is 0 Å². The van der Waals surface area contributed by atoms with Crippen LogP contribution in [0.4, 0.5) is 5.95 Å². The van der Waals surface area contributed by atoms with Gasteiger partial charge in [-0.25, -0.2) is 4.79 Å². The number of carbonyl (C=O) groups is 1. The monoisotopic (exact) mass is 497 g/mol. The minimum atomic E-state index is -0.564. The molecule has 0 aliphatic carbocycles. The summed E-state index contributed by atoms with van der Waals surface area (Å²) in [4.78, 5) is 12.9. The topological polar surface area (TPSA) is 108 Å². The van der Waals surface area contributed by atoms with Crippen molar-refractivity contribution in [3.8, 4) is 10.6 Å². The van der Waals surface area contributed by atoms with Crippen LogP contribution < -0.4 is 5.32 Å². The van der Waals surface area contributed by atoms with Gasteiger partial charge in [0.1, 0.15) is 11.0 Å². The zero-order valence-corrected chi connectivity index (χ0v) is 19.6. The molecule has 0 saturated heterocycles. The van der Waals surface area contributed by atoms with Crippen molar-refractivity contribution in [1.82, 2.24) is 30.4 Å². The molecule has 33 heavy (non-hydrogen) atoms. The Balaban J connectivity index is 1.48. The number of tetrazole rings is 1. The van der Waals surface area contributed by atoms with Gasteiger partial charge in [-0.05, 0) is 28.1 Å². The van der Waals surface area contributed by atoms with Crippen molar-refractivity contribution in [1.29, 1.82) is 0 Å². The second-order valence-corrected chi connectivity index (χ2v) is 9.57. The number of hydrogen-bond donors (Lipinski definition) is 1. The first-order valence-electron chi connectivity index (χ1n) is 9.77. The molecule has 0 saturated carbocycles. The van der Waals surface area contributed by atoms with Crippen LogP contribution in [-0.4, -0.2) is 49.2 Å². The molecule has 0 bridgehead atoms. The summed E-state index contributed by atoms with van der Waals surface area (Å²) in [7, 11) is 1.35. The molecule has 0 radical (unpaired) electrons. The number of anilines is 1. The molecule has 1 aliphatic rings. The molecular weight excluding hydrogens is 482 g/mol. The molecule has 166 valence electrons. The van der Waals surface area contributed by atoms with E-state index >= 15 is 0 Å². The molecule has 12 heteroatoms. The number of benzene rings is 2. The molecule has 2 aromatic carbocycles. The lowest BCUT2D eigenvalue weighted by Crippen LogP contribution is -2.30. The SMILES string of the molecule is COC(=O)C1=C(CSc2nnc(-c3ccccc3)s2)Nc2nnnn2C1c1ccc(Cl)cc1. The number of esters is 1. The van der Waals surface area contributed by atoms with E-state index in [1.807, 2.05) is 42.5 Å². The normalized spacial score (nSPS) is 15.2. The zero-order chi connectivity index (χ0) is 22.8. The smallest absolute Gasteiger partial charge is 0.338 e. The molecule has 9 nitrogen and oxygen atoms in total. The third kappa shape index (κ3) is 4.34. The maximum absolute atomic E-state index is 12.9. The van der Waals surface area contributed by atoms with Crippen molar-refractivity contribution in [2.75, 3.05) is 18.2 Å². The Morgan fingerprint density at radius 1 is 1.15 bits per heavy atom. The van der Waals surface area contributed by atoms with Crippen molar-refractivity contribution in [2.45, 2.75) is 10.4 Å². The van der Waals surface area contributed by atoms with Crippen molar-refractivity contribution in [3.05, 3.63) is 76.5 Å². The van der Waals surface area contributed by atoms with Crippen LogP contribution in [0.2, 0.25) is 5.02 Å². The molecule has 5 rings (SSSR count). The Kier molecular flexibility index (Phi) is 6.07. The summed E-state index contributed by atoms with van der Waals surface area (Å²) in [6.45, 7) is 0. The summed E-state index contributed by atoms with van der Waals surface area (Å²) in [5.41, 5.74) is 2.87. The van der Waals surface area contributed by atoms with Crippen LogP contribution >= 0.6 is 34.7 Å². The third-order valence-corrected chi connectivity index (χ3v) is 7.34. The summed E-state index contributed by atoms with van der Waals surface area (Å²) in [6.07, 6.45) is 0. The number of ether oxygens (including phenoxy) is 1. The molecule has 3 heterocycles. The highest BCUT2D eigenvalue weighted by Gasteiger charge is 2.36. The highest BCUT2D eigenvalue weighted by Crippen LogP contribution is 2.38. The van der Waals surface area contributed by atoms with Crippen molar-refractivity contribution >= 4 is 46.6 Å². The molecule has 1 unspecified atom stereocenters. The maximum atomic E-state index is 12.9. The van der Waals surface area contributed by atoms with E-state index in [4.69, 9.17) is 16.3 Å². The molecule has 0 fully saturated rings. The van der Waals surface area contributed by atoms with E-state index in [0.717, 1.165) is 20.5 Å². The molecule has 0 amide bonds. The quantitative estimate of drug-likeness (QED) is 0.311. The Bertz CT molecular complexity index is 1320. The summed E-state index contributed by atoms with van der Waals surface area (Å²) < 4.78 is 7.46. The standard InChI is InChI=1S/C21H16ClN7O2S2/c1-31-19(30)16-15(11-32-21-26-24-18(33-21)13-5-3-2-4-6-13)23-20-25-27-28-29(20)17(16)12-7-9-14(22)10-8-12/h2-10,17H,11H2,1H3,(H,23,25,28). The van der Waals surface area contributed by atoms with Gasteiger partial charge in [0.05, 0.1) is 12.7 Å². The van der Waals surface area contributed by atoms with Gasteiger partial charge in [0.2, 0.25) is 5.95 Å². The number of thioether (sulfide) groups is 1. The van der Waals surface area contributed by atoms with E-state index in [9.17, 15) is 4.79 Å². The number of halogens is 1. The molecule has 1 aliphatic heterocycles. The van der Waals surface area contributed by atoms with Gasteiger partial charge in [0.25, 0.3) is 0 Å². The number of methoxy groups -OCH3 is 1. The fraction of sp³-hybridized carbons (Fsp3) is 0.143. The van der Waals surface area contributed by atoms with Crippen LogP contribution in [-0.2, 0) is 9.53 Å². The van der Waals surface area contributed by atoms with E-state index in [-0.39, 0.29) is 0 Å². The third-order valence-electron chi connectivity index (χ3n) is 4.96. The number of fused-ring (bicyclic) bond motifs is 1. The summed E-state index contributed by atoms with van der Waals surface area (Å²) in [5.74, 6) is 0.382. The number of nitrogens with zero attached hydrogens (tertiary/aromatic N) is 6. The first kappa shape index (κ1) is 21.6.